The molecule has 0 N–H and O–H groups in total. The molecule has 35 heavy (non-hydrogen) atoms. The fourth-order valence-electron chi connectivity index (χ4n) is 4.48. The van der Waals surface area contributed by atoms with E-state index in [4.69, 9.17) is 11.6 Å². The van der Waals surface area contributed by atoms with Crippen molar-refractivity contribution >= 4 is 40.9 Å². The molecule has 2 amide bonds. The van der Waals surface area contributed by atoms with Gasteiger partial charge in [-0.15, -0.1) is 0 Å². The number of carbonyl (C=O) groups excluding carboxylic acids is 2. The van der Waals surface area contributed by atoms with Gasteiger partial charge in [-0.1, -0.05) is 48.5 Å². The minimum atomic E-state index is -0.432. The number of benzene rings is 3. The molecule has 1 saturated heterocycles. The van der Waals surface area contributed by atoms with Crippen molar-refractivity contribution < 1.29 is 14.0 Å². The van der Waals surface area contributed by atoms with Gasteiger partial charge in [0.1, 0.15) is 5.82 Å². The lowest BCUT2D eigenvalue weighted by molar-refractivity contribution is 0.0643. The molecule has 0 atom stereocenters. The number of likely N-dealkylation sites (N-methyl/N-ethyl adjacent to an activating group) is 1. The molecule has 3 aromatic rings. The molecule has 3 aromatic carbocycles. The topological polar surface area (TPSA) is 43.9 Å². The maximum Gasteiger partial charge on any atom is 0.259 e. The second-order valence-electron chi connectivity index (χ2n) is 8.63. The quantitative estimate of drug-likeness (QED) is 0.461. The molecular formula is C27H25ClFN3O2S. The Morgan fingerprint density at radius 2 is 1.77 bits per heavy atom. The Labute approximate surface area is 213 Å². The lowest BCUT2D eigenvalue weighted by atomic mass is 10.1. The van der Waals surface area contributed by atoms with Crippen LogP contribution in [0.2, 0.25) is 5.02 Å². The van der Waals surface area contributed by atoms with Gasteiger partial charge in [0, 0.05) is 46.6 Å². The first-order valence-electron chi connectivity index (χ1n) is 11.6. The number of rotatable bonds is 4. The number of halogens is 2. The largest absolute Gasteiger partial charge is 0.336 e. The third-order valence-corrected chi connectivity index (χ3v) is 8.02. The summed E-state index contributed by atoms with van der Waals surface area (Å²) in [6.45, 7) is 6.32. The molecular weight excluding hydrogens is 485 g/mol. The van der Waals surface area contributed by atoms with Crippen LogP contribution in [0.15, 0.2) is 70.5 Å². The Morgan fingerprint density at radius 1 is 1.00 bits per heavy atom. The van der Waals surface area contributed by atoms with Gasteiger partial charge in [-0.2, -0.15) is 0 Å². The number of hydrogen-bond donors (Lipinski definition) is 0. The lowest BCUT2D eigenvalue weighted by Gasteiger charge is -2.34. The zero-order valence-electron chi connectivity index (χ0n) is 19.3. The number of anilines is 1. The van der Waals surface area contributed by atoms with Gasteiger partial charge in [0.15, 0.2) is 0 Å². The summed E-state index contributed by atoms with van der Waals surface area (Å²) in [4.78, 5) is 34.6. The second-order valence-corrected chi connectivity index (χ2v) is 10.1. The van der Waals surface area contributed by atoms with Gasteiger partial charge in [0.05, 0.1) is 17.8 Å². The van der Waals surface area contributed by atoms with Crippen LogP contribution in [0.3, 0.4) is 0 Å². The monoisotopic (exact) mass is 509 g/mol. The van der Waals surface area contributed by atoms with Crippen LogP contribution < -0.4 is 4.90 Å². The van der Waals surface area contributed by atoms with Crippen molar-refractivity contribution in [3.8, 4) is 0 Å². The molecule has 0 spiro atoms. The predicted molar refractivity (Wildman–Crippen MR) is 137 cm³/mol. The van der Waals surface area contributed by atoms with E-state index in [9.17, 15) is 14.0 Å². The highest BCUT2D eigenvalue weighted by molar-refractivity contribution is 7.99. The van der Waals surface area contributed by atoms with Gasteiger partial charge in [-0.05, 0) is 54.6 Å². The fraction of sp³-hybridized carbons (Fsp3) is 0.259. The zero-order chi connectivity index (χ0) is 24.5. The van der Waals surface area contributed by atoms with Crippen LogP contribution in [0.1, 0.15) is 33.2 Å². The van der Waals surface area contributed by atoms with Crippen molar-refractivity contribution in [3.63, 3.8) is 0 Å². The molecule has 5 nitrogen and oxygen atoms in total. The van der Waals surface area contributed by atoms with E-state index in [1.54, 1.807) is 23.1 Å². The molecule has 0 aromatic heterocycles. The maximum absolute atomic E-state index is 13.7. The van der Waals surface area contributed by atoms with E-state index in [2.05, 4.69) is 11.8 Å². The second kappa shape index (κ2) is 10.0. The Bertz CT molecular complexity index is 1290. The van der Waals surface area contributed by atoms with Crippen LogP contribution in [0.4, 0.5) is 10.1 Å². The van der Waals surface area contributed by atoms with Crippen molar-refractivity contribution in [1.82, 2.24) is 9.80 Å². The minimum Gasteiger partial charge on any atom is -0.336 e. The van der Waals surface area contributed by atoms with Crippen LogP contribution in [0, 0.1) is 5.82 Å². The predicted octanol–water partition coefficient (Wildman–Crippen LogP) is 5.57. The molecule has 2 heterocycles. The minimum absolute atomic E-state index is 0.0393. The van der Waals surface area contributed by atoms with Crippen LogP contribution >= 0.6 is 23.4 Å². The summed E-state index contributed by atoms with van der Waals surface area (Å²) < 4.78 is 13.7. The molecule has 0 radical (unpaired) electrons. The molecule has 180 valence electrons. The van der Waals surface area contributed by atoms with Crippen molar-refractivity contribution in [3.05, 3.63) is 88.2 Å². The van der Waals surface area contributed by atoms with Gasteiger partial charge in [-0.25, -0.2) is 4.39 Å². The van der Waals surface area contributed by atoms with Crippen molar-refractivity contribution in [1.29, 1.82) is 0 Å². The van der Waals surface area contributed by atoms with Crippen LogP contribution in [-0.4, -0.2) is 54.3 Å². The molecule has 2 aliphatic heterocycles. The summed E-state index contributed by atoms with van der Waals surface area (Å²) in [5, 5.41) is 0.255. The van der Waals surface area contributed by atoms with E-state index in [1.807, 2.05) is 35.2 Å². The molecule has 0 bridgehead atoms. The number of piperazine rings is 1. The van der Waals surface area contributed by atoms with E-state index in [0.717, 1.165) is 29.4 Å². The van der Waals surface area contributed by atoms with Crippen LogP contribution in [0.25, 0.3) is 0 Å². The van der Waals surface area contributed by atoms with Crippen molar-refractivity contribution in [2.45, 2.75) is 23.3 Å². The maximum atomic E-state index is 13.7. The van der Waals surface area contributed by atoms with Gasteiger partial charge in [-0.3, -0.25) is 9.59 Å². The third-order valence-electron chi connectivity index (χ3n) is 6.53. The Hall–Kier alpha value is -2.87. The summed E-state index contributed by atoms with van der Waals surface area (Å²) in [5.41, 5.74) is 2.40. The first-order valence-corrected chi connectivity index (χ1v) is 12.8. The molecule has 0 aliphatic carbocycles. The average molecular weight is 510 g/mol. The van der Waals surface area contributed by atoms with Crippen molar-refractivity contribution in [2.75, 3.05) is 37.6 Å². The fourth-order valence-corrected chi connectivity index (χ4v) is 5.77. The number of amides is 2. The number of nitrogens with zero attached hydrogens (tertiary/aromatic N) is 3. The summed E-state index contributed by atoms with van der Waals surface area (Å²) in [5.74, 6) is -0.658. The third kappa shape index (κ3) is 4.81. The first-order chi connectivity index (χ1) is 16.9. The van der Waals surface area contributed by atoms with Gasteiger partial charge >= 0.3 is 0 Å². The normalized spacial score (nSPS) is 16.0. The van der Waals surface area contributed by atoms with Crippen LogP contribution in [-0.2, 0) is 6.54 Å². The molecule has 0 unspecified atom stereocenters. The van der Waals surface area contributed by atoms with Crippen LogP contribution in [0.5, 0.6) is 0 Å². The highest BCUT2D eigenvalue weighted by Crippen LogP contribution is 2.42. The Kier molecular flexibility index (Phi) is 6.82. The van der Waals surface area contributed by atoms with Gasteiger partial charge < -0.3 is 14.7 Å². The molecule has 0 saturated carbocycles. The standard InChI is InChI=1S/C27H25ClFN3O2S/c1-2-30-11-13-31(14-12-30)26(33)18-8-10-25-23(15-18)32(17-19-7-9-20(29)16-22(19)28)27(34)21-5-3-4-6-24(21)35-25/h3-10,15-16H,2,11-14,17H2,1H3. The summed E-state index contributed by atoms with van der Waals surface area (Å²) in [6, 6.07) is 17.2. The Balaban J connectivity index is 1.53. The highest BCUT2D eigenvalue weighted by atomic mass is 35.5. The first kappa shape index (κ1) is 23.9. The summed E-state index contributed by atoms with van der Waals surface area (Å²) in [7, 11) is 0. The van der Waals surface area contributed by atoms with E-state index < -0.39 is 5.82 Å². The number of carbonyl (C=O) groups is 2. The lowest BCUT2D eigenvalue weighted by Crippen LogP contribution is -2.48. The molecule has 8 heteroatoms. The summed E-state index contributed by atoms with van der Waals surface area (Å²) >= 11 is 7.82. The van der Waals surface area contributed by atoms with E-state index in [1.165, 1.54) is 23.9 Å². The van der Waals surface area contributed by atoms with Crippen molar-refractivity contribution in [2.24, 2.45) is 0 Å². The highest BCUT2D eigenvalue weighted by Gasteiger charge is 2.30. The molecule has 2 aliphatic rings. The average Bonchev–Trinajstić information content (AvgIpc) is 2.99. The number of hydrogen-bond acceptors (Lipinski definition) is 4. The number of fused-ring (bicyclic) bond motifs is 2. The summed E-state index contributed by atoms with van der Waals surface area (Å²) in [6.07, 6.45) is 0. The Morgan fingerprint density at radius 3 is 2.51 bits per heavy atom. The molecule has 1 fully saturated rings. The van der Waals surface area contributed by atoms with E-state index >= 15 is 0 Å². The zero-order valence-corrected chi connectivity index (χ0v) is 20.9. The van der Waals surface area contributed by atoms with E-state index in [0.29, 0.717) is 35.5 Å². The smallest absolute Gasteiger partial charge is 0.259 e. The van der Waals surface area contributed by atoms with Gasteiger partial charge in [0.25, 0.3) is 11.8 Å². The SMILES string of the molecule is CCN1CCN(C(=O)c2ccc3c(c2)N(Cc2ccc(F)cc2Cl)C(=O)c2ccccc2S3)CC1. The van der Waals surface area contributed by atoms with Gasteiger partial charge in [0.2, 0.25) is 0 Å². The van der Waals surface area contributed by atoms with E-state index in [-0.39, 0.29) is 23.4 Å². The molecule has 5 rings (SSSR count).